The summed E-state index contributed by atoms with van der Waals surface area (Å²) in [6.45, 7) is 12.7. The maximum atomic E-state index is 11.7. The summed E-state index contributed by atoms with van der Waals surface area (Å²) in [6.07, 6.45) is 0.634. The van der Waals surface area contributed by atoms with Gasteiger partial charge in [-0.1, -0.05) is 27.4 Å². The van der Waals surface area contributed by atoms with E-state index < -0.39 is 18.2 Å². The average molecular weight is 417 g/mol. The third kappa shape index (κ3) is 15.3. The number of ether oxygens (including phenoxy) is 4. The van der Waals surface area contributed by atoms with Gasteiger partial charge in [0.25, 0.3) is 0 Å². The zero-order valence-electron chi connectivity index (χ0n) is 18.3. The first-order valence-electron chi connectivity index (χ1n) is 9.70. The second kappa shape index (κ2) is 14.7. The lowest BCUT2D eigenvalue weighted by atomic mass is 9.82. The van der Waals surface area contributed by atoms with Crippen molar-refractivity contribution in [3.63, 3.8) is 0 Å². The van der Waals surface area contributed by atoms with Gasteiger partial charge >= 0.3 is 18.2 Å². The van der Waals surface area contributed by atoms with Crippen molar-refractivity contribution in [2.45, 2.75) is 40.5 Å². The van der Waals surface area contributed by atoms with Gasteiger partial charge in [-0.2, -0.15) is 0 Å². The van der Waals surface area contributed by atoms with E-state index in [1.807, 2.05) is 13.8 Å². The number of esters is 1. The Morgan fingerprint density at radius 2 is 1.52 bits per heavy atom. The molecule has 168 valence electrons. The number of hydrogen-bond acceptors (Lipinski definition) is 7. The summed E-state index contributed by atoms with van der Waals surface area (Å²) in [5.41, 5.74) is 0.146. The first kappa shape index (κ1) is 26.7. The SMILES string of the molecule is C=C(C)C(=O)OCCOC(=O)NCC(C)(C)CC(C)CCNC(=O)OCCOC. The molecule has 2 N–H and O–H groups in total. The number of carbonyl (C=O) groups is 3. The quantitative estimate of drug-likeness (QED) is 0.194. The van der Waals surface area contributed by atoms with Gasteiger partial charge in [-0.3, -0.25) is 0 Å². The maximum Gasteiger partial charge on any atom is 0.407 e. The monoisotopic (exact) mass is 416 g/mol. The van der Waals surface area contributed by atoms with Crippen molar-refractivity contribution in [1.29, 1.82) is 0 Å². The van der Waals surface area contributed by atoms with Crippen LogP contribution in [-0.4, -0.2) is 64.8 Å². The third-order valence-corrected chi connectivity index (χ3v) is 3.94. The van der Waals surface area contributed by atoms with Gasteiger partial charge in [0, 0.05) is 25.8 Å². The molecule has 0 saturated heterocycles. The molecule has 0 rings (SSSR count). The Morgan fingerprint density at radius 3 is 2.10 bits per heavy atom. The van der Waals surface area contributed by atoms with Crippen molar-refractivity contribution in [1.82, 2.24) is 10.6 Å². The Kier molecular flexibility index (Phi) is 13.5. The van der Waals surface area contributed by atoms with Crippen LogP contribution in [0.15, 0.2) is 12.2 Å². The summed E-state index contributed by atoms with van der Waals surface area (Å²) in [7, 11) is 1.54. The Morgan fingerprint density at radius 1 is 0.966 bits per heavy atom. The number of methoxy groups -OCH3 is 1. The minimum atomic E-state index is -0.558. The second-order valence-corrected chi connectivity index (χ2v) is 7.72. The predicted molar refractivity (Wildman–Crippen MR) is 109 cm³/mol. The highest BCUT2D eigenvalue weighted by Crippen LogP contribution is 2.26. The molecular formula is C20H36N2O7. The average Bonchev–Trinajstić information content (AvgIpc) is 2.63. The van der Waals surface area contributed by atoms with Crippen LogP contribution >= 0.6 is 0 Å². The molecule has 0 aromatic carbocycles. The molecule has 9 heteroatoms. The largest absolute Gasteiger partial charge is 0.459 e. The van der Waals surface area contributed by atoms with Crippen LogP contribution in [0, 0.1) is 11.3 Å². The molecule has 0 aromatic rings. The fraction of sp³-hybridized carbons (Fsp3) is 0.750. The number of hydrogen-bond donors (Lipinski definition) is 2. The molecule has 29 heavy (non-hydrogen) atoms. The highest BCUT2D eigenvalue weighted by Gasteiger charge is 2.22. The molecule has 1 atom stereocenters. The molecule has 0 aliphatic rings. The van der Waals surface area contributed by atoms with E-state index >= 15 is 0 Å². The number of nitrogens with one attached hydrogen (secondary N) is 2. The zero-order valence-corrected chi connectivity index (χ0v) is 18.3. The summed E-state index contributed by atoms with van der Waals surface area (Å²) in [4.78, 5) is 34.4. The number of alkyl carbamates (subject to hydrolysis) is 2. The van der Waals surface area contributed by atoms with Crippen LogP contribution in [-0.2, 0) is 23.7 Å². The number of amides is 2. The van der Waals surface area contributed by atoms with E-state index in [0.29, 0.717) is 31.2 Å². The van der Waals surface area contributed by atoms with Crippen molar-refractivity contribution >= 4 is 18.2 Å². The Labute approximate surface area is 173 Å². The van der Waals surface area contributed by atoms with E-state index in [1.165, 1.54) is 0 Å². The van der Waals surface area contributed by atoms with Crippen molar-refractivity contribution in [2.75, 3.05) is 46.6 Å². The Bertz CT molecular complexity index is 535. The van der Waals surface area contributed by atoms with Gasteiger partial charge in [0.1, 0.15) is 19.8 Å². The minimum Gasteiger partial charge on any atom is -0.459 e. The maximum absolute atomic E-state index is 11.7. The summed E-state index contributed by atoms with van der Waals surface area (Å²) < 4.78 is 19.6. The zero-order chi connectivity index (χ0) is 22.3. The van der Waals surface area contributed by atoms with Gasteiger partial charge in [-0.15, -0.1) is 0 Å². The van der Waals surface area contributed by atoms with Gasteiger partial charge < -0.3 is 29.6 Å². The predicted octanol–water partition coefficient (Wildman–Crippen LogP) is 2.65. The van der Waals surface area contributed by atoms with Gasteiger partial charge in [0.05, 0.1) is 6.61 Å². The number of carbonyl (C=O) groups excluding carboxylic acids is 3. The Balaban J connectivity index is 3.94. The van der Waals surface area contributed by atoms with Crippen LogP contribution in [0.25, 0.3) is 0 Å². The van der Waals surface area contributed by atoms with Crippen LogP contribution in [0.5, 0.6) is 0 Å². The van der Waals surface area contributed by atoms with Gasteiger partial charge in [0.2, 0.25) is 0 Å². The second-order valence-electron chi connectivity index (χ2n) is 7.72. The lowest BCUT2D eigenvalue weighted by molar-refractivity contribution is -0.139. The molecule has 2 amide bonds. The number of rotatable bonds is 14. The Hall–Kier alpha value is -2.29. The molecule has 0 saturated carbocycles. The molecule has 0 spiro atoms. The summed E-state index contributed by atoms with van der Waals surface area (Å²) in [6, 6.07) is 0. The normalized spacial score (nSPS) is 11.9. The highest BCUT2D eigenvalue weighted by atomic mass is 16.6. The first-order valence-corrected chi connectivity index (χ1v) is 9.70. The molecule has 9 nitrogen and oxygen atoms in total. The van der Waals surface area contributed by atoms with E-state index in [9.17, 15) is 14.4 Å². The molecule has 1 unspecified atom stereocenters. The van der Waals surface area contributed by atoms with Crippen molar-refractivity contribution in [3.05, 3.63) is 12.2 Å². The molecule has 0 heterocycles. The highest BCUT2D eigenvalue weighted by molar-refractivity contribution is 5.86. The van der Waals surface area contributed by atoms with Crippen LogP contribution in [0.2, 0.25) is 0 Å². The fourth-order valence-electron chi connectivity index (χ4n) is 2.56. The van der Waals surface area contributed by atoms with Crippen LogP contribution in [0.3, 0.4) is 0 Å². The standard InChI is InChI=1S/C20H36N2O7/c1-15(2)17(23)27-11-12-29-19(25)22-14-20(4,5)13-16(3)7-8-21-18(24)28-10-9-26-6/h16H,1,7-14H2,2-6H3,(H,21,24)(H,22,25). The van der Waals surface area contributed by atoms with Gasteiger partial charge in [-0.05, 0) is 31.1 Å². The molecular weight excluding hydrogens is 380 g/mol. The van der Waals surface area contributed by atoms with Crippen LogP contribution in [0.1, 0.15) is 40.5 Å². The summed E-state index contributed by atoms with van der Waals surface area (Å²) >= 11 is 0. The topological polar surface area (TPSA) is 112 Å². The van der Waals surface area contributed by atoms with Gasteiger partial charge in [0.15, 0.2) is 0 Å². The van der Waals surface area contributed by atoms with E-state index in [2.05, 4.69) is 24.1 Å². The smallest absolute Gasteiger partial charge is 0.407 e. The first-order chi connectivity index (χ1) is 13.6. The summed E-state index contributed by atoms with van der Waals surface area (Å²) in [5.74, 6) is -0.175. The van der Waals surface area contributed by atoms with E-state index in [1.54, 1.807) is 14.0 Å². The van der Waals surface area contributed by atoms with E-state index in [0.717, 1.165) is 12.8 Å². The lowest BCUT2D eigenvalue weighted by Gasteiger charge is -2.28. The lowest BCUT2D eigenvalue weighted by Crippen LogP contribution is -2.36. The molecule has 0 fully saturated rings. The van der Waals surface area contributed by atoms with Crippen molar-refractivity contribution in [2.24, 2.45) is 11.3 Å². The van der Waals surface area contributed by atoms with E-state index in [4.69, 9.17) is 18.9 Å². The van der Waals surface area contributed by atoms with Gasteiger partial charge in [-0.25, -0.2) is 14.4 Å². The van der Waals surface area contributed by atoms with Crippen molar-refractivity contribution < 1.29 is 33.3 Å². The van der Waals surface area contributed by atoms with Crippen LogP contribution in [0.4, 0.5) is 9.59 Å². The summed E-state index contributed by atoms with van der Waals surface area (Å²) in [5, 5.41) is 5.43. The van der Waals surface area contributed by atoms with Crippen LogP contribution < -0.4 is 10.6 Å². The van der Waals surface area contributed by atoms with Crippen molar-refractivity contribution in [3.8, 4) is 0 Å². The molecule has 0 bridgehead atoms. The molecule has 0 aliphatic heterocycles. The van der Waals surface area contributed by atoms with E-state index in [-0.39, 0.29) is 25.2 Å². The molecule has 0 aliphatic carbocycles. The minimum absolute atomic E-state index is 0.0134. The third-order valence-electron chi connectivity index (χ3n) is 3.94. The fourth-order valence-corrected chi connectivity index (χ4v) is 2.56. The molecule has 0 radical (unpaired) electrons. The molecule has 0 aromatic heterocycles.